The van der Waals surface area contributed by atoms with E-state index in [-0.39, 0.29) is 5.91 Å². The first-order valence-corrected chi connectivity index (χ1v) is 12.4. The van der Waals surface area contributed by atoms with E-state index in [2.05, 4.69) is 36.2 Å². The minimum absolute atomic E-state index is 0.217. The van der Waals surface area contributed by atoms with Gasteiger partial charge in [0, 0.05) is 35.3 Å². The van der Waals surface area contributed by atoms with Gasteiger partial charge in [0.25, 0.3) is 5.91 Å². The van der Waals surface area contributed by atoms with E-state index in [0.29, 0.717) is 46.5 Å². The van der Waals surface area contributed by atoms with E-state index in [0.717, 1.165) is 29.7 Å². The van der Waals surface area contributed by atoms with Gasteiger partial charge in [0.05, 0.1) is 16.4 Å². The molecule has 2 unspecified atom stereocenters. The number of carbonyl (C=O) groups is 1. The molecule has 0 aliphatic heterocycles. The number of benzene rings is 2. The molecule has 0 saturated carbocycles. The van der Waals surface area contributed by atoms with Crippen molar-refractivity contribution in [3.8, 4) is 16.9 Å². The first kappa shape index (κ1) is 26.0. The predicted octanol–water partition coefficient (Wildman–Crippen LogP) is 6.46. The third-order valence-electron chi connectivity index (χ3n) is 6.10. The Hall–Kier alpha value is -2.60. The number of halogens is 2. The Morgan fingerprint density at radius 3 is 2.56 bits per heavy atom. The van der Waals surface area contributed by atoms with Crippen molar-refractivity contribution in [2.45, 2.75) is 39.7 Å². The van der Waals surface area contributed by atoms with Gasteiger partial charge in [-0.15, -0.1) is 6.58 Å². The number of aromatic nitrogens is 2. The van der Waals surface area contributed by atoms with Crippen molar-refractivity contribution < 1.29 is 4.79 Å². The summed E-state index contributed by atoms with van der Waals surface area (Å²) in [5, 5.41) is 12.2. The molecule has 1 aromatic heterocycles. The zero-order valence-electron chi connectivity index (χ0n) is 19.9. The third kappa shape index (κ3) is 6.09. The highest BCUT2D eigenvalue weighted by atomic mass is 35.5. The second-order valence-corrected chi connectivity index (χ2v) is 9.23. The molecule has 0 radical (unpaired) electrons. The van der Waals surface area contributed by atoms with Gasteiger partial charge in [-0.2, -0.15) is 5.10 Å². The summed E-state index contributed by atoms with van der Waals surface area (Å²) >= 11 is 12.6. The molecule has 0 aliphatic carbocycles. The van der Waals surface area contributed by atoms with E-state index in [1.165, 1.54) is 0 Å². The highest BCUT2D eigenvalue weighted by molar-refractivity contribution is 6.35. The van der Waals surface area contributed by atoms with Crippen LogP contribution in [0.4, 0.5) is 0 Å². The molecule has 7 heteroatoms. The summed E-state index contributed by atoms with van der Waals surface area (Å²) in [5.41, 5.74) is 3.58. The van der Waals surface area contributed by atoms with Gasteiger partial charge in [-0.3, -0.25) is 4.79 Å². The van der Waals surface area contributed by atoms with E-state index in [1.54, 1.807) is 16.8 Å². The lowest BCUT2D eigenvalue weighted by Gasteiger charge is -2.22. The fraction of sp³-hybridized carbons (Fsp3) is 0.333. The van der Waals surface area contributed by atoms with Gasteiger partial charge < -0.3 is 10.6 Å². The highest BCUT2D eigenvalue weighted by Gasteiger charge is 2.23. The van der Waals surface area contributed by atoms with Crippen molar-refractivity contribution in [3.05, 3.63) is 82.5 Å². The quantitative estimate of drug-likeness (QED) is 0.235. The summed E-state index contributed by atoms with van der Waals surface area (Å²) in [7, 11) is 0. The van der Waals surface area contributed by atoms with E-state index >= 15 is 0 Å². The number of amides is 1. The van der Waals surface area contributed by atoms with Crippen LogP contribution in [0.5, 0.6) is 0 Å². The van der Waals surface area contributed by atoms with Crippen LogP contribution in [-0.2, 0) is 0 Å². The van der Waals surface area contributed by atoms with Crippen LogP contribution in [-0.4, -0.2) is 34.8 Å². The largest absolute Gasteiger partial charge is 0.349 e. The zero-order valence-corrected chi connectivity index (χ0v) is 21.5. The molecule has 34 heavy (non-hydrogen) atoms. The molecule has 0 spiro atoms. The first-order chi connectivity index (χ1) is 16.4. The van der Waals surface area contributed by atoms with Crippen LogP contribution in [0.1, 0.15) is 42.7 Å². The van der Waals surface area contributed by atoms with Crippen LogP contribution < -0.4 is 10.6 Å². The molecule has 2 aromatic carbocycles. The van der Waals surface area contributed by atoms with Gasteiger partial charge in [-0.1, -0.05) is 73.0 Å². The van der Waals surface area contributed by atoms with Gasteiger partial charge in [0.15, 0.2) is 5.69 Å². The minimum Gasteiger partial charge on any atom is -0.349 e. The molecule has 0 fully saturated rings. The van der Waals surface area contributed by atoms with Crippen molar-refractivity contribution >= 4 is 29.1 Å². The van der Waals surface area contributed by atoms with E-state index in [9.17, 15) is 4.79 Å². The fourth-order valence-corrected chi connectivity index (χ4v) is 4.63. The van der Waals surface area contributed by atoms with Crippen LogP contribution in [0.25, 0.3) is 16.9 Å². The van der Waals surface area contributed by atoms with Gasteiger partial charge in [-0.05, 0) is 44.4 Å². The Kier molecular flexibility index (Phi) is 9.34. The summed E-state index contributed by atoms with van der Waals surface area (Å²) in [6.07, 6.45) is 4.02. The lowest BCUT2D eigenvalue weighted by atomic mass is 9.95. The predicted molar refractivity (Wildman–Crippen MR) is 142 cm³/mol. The molecule has 2 N–H and O–H groups in total. The summed E-state index contributed by atoms with van der Waals surface area (Å²) in [6, 6.07) is 15.4. The Bertz CT molecular complexity index is 1130. The standard InChI is InChI=1S/C27H32Cl2N4O/c1-5-10-20(6-2)19(4)30-15-16-31-27(34)25-18(3)26(21-11-8-7-9-12-21)33(32-25)24-14-13-22(28)17-23(24)29/h5,7-9,11-14,17,19-20,30H,1,6,10,15-16H2,2-4H3,(H,31,34). The van der Waals surface area contributed by atoms with Crippen molar-refractivity contribution in [3.63, 3.8) is 0 Å². The van der Waals surface area contributed by atoms with Crippen molar-refractivity contribution in [2.75, 3.05) is 13.1 Å². The maximum Gasteiger partial charge on any atom is 0.272 e. The third-order valence-corrected chi connectivity index (χ3v) is 6.64. The molecule has 0 aliphatic rings. The topological polar surface area (TPSA) is 58.9 Å². The Morgan fingerprint density at radius 2 is 1.91 bits per heavy atom. The molecule has 2 atom stereocenters. The summed E-state index contributed by atoms with van der Waals surface area (Å²) in [6.45, 7) is 11.3. The number of nitrogens with one attached hydrogen (secondary N) is 2. The van der Waals surface area contributed by atoms with Crippen LogP contribution in [0.2, 0.25) is 10.0 Å². The average Bonchev–Trinajstić information content (AvgIpc) is 3.17. The second-order valence-electron chi connectivity index (χ2n) is 8.39. The SMILES string of the molecule is C=CCC(CC)C(C)NCCNC(=O)c1nn(-c2ccc(Cl)cc2Cl)c(-c2ccccc2)c1C. The van der Waals surface area contributed by atoms with E-state index in [1.807, 2.05) is 49.4 Å². The lowest BCUT2D eigenvalue weighted by Crippen LogP contribution is -2.39. The number of hydrogen-bond donors (Lipinski definition) is 2. The van der Waals surface area contributed by atoms with Crippen molar-refractivity contribution in [1.29, 1.82) is 0 Å². The number of nitrogens with zero attached hydrogens (tertiary/aromatic N) is 2. The first-order valence-electron chi connectivity index (χ1n) is 11.6. The molecular weight excluding hydrogens is 467 g/mol. The second kappa shape index (κ2) is 12.2. The maximum absolute atomic E-state index is 13.1. The van der Waals surface area contributed by atoms with Crippen LogP contribution in [0.15, 0.2) is 61.2 Å². The highest BCUT2D eigenvalue weighted by Crippen LogP contribution is 2.32. The van der Waals surface area contributed by atoms with Gasteiger partial charge in [-0.25, -0.2) is 4.68 Å². The normalized spacial score (nSPS) is 12.9. The monoisotopic (exact) mass is 498 g/mol. The van der Waals surface area contributed by atoms with Crippen molar-refractivity contribution in [1.82, 2.24) is 20.4 Å². The van der Waals surface area contributed by atoms with Crippen LogP contribution in [0.3, 0.4) is 0 Å². The maximum atomic E-state index is 13.1. The van der Waals surface area contributed by atoms with Crippen LogP contribution in [0, 0.1) is 12.8 Å². The molecular formula is C27H32Cl2N4O. The minimum atomic E-state index is -0.217. The molecule has 0 saturated heterocycles. The molecule has 3 aromatic rings. The molecule has 5 nitrogen and oxygen atoms in total. The molecule has 180 valence electrons. The van der Waals surface area contributed by atoms with Gasteiger partial charge in [0.1, 0.15) is 0 Å². The van der Waals surface area contributed by atoms with E-state index < -0.39 is 0 Å². The Balaban J connectivity index is 1.81. The van der Waals surface area contributed by atoms with Crippen LogP contribution >= 0.6 is 23.2 Å². The van der Waals surface area contributed by atoms with Gasteiger partial charge >= 0.3 is 0 Å². The number of hydrogen-bond acceptors (Lipinski definition) is 3. The summed E-state index contributed by atoms with van der Waals surface area (Å²) in [5.74, 6) is 0.315. The summed E-state index contributed by atoms with van der Waals surface area (Å²) < 4.78 is 1.72. The fourth-order valence-electron chi connectivity index (χ4n) is 4.14. The Morgan fingerprint density at radius 1 is 1.18 bits per heavy atom. The van der Waals surface area contributed by atoms with Crippen molar-refractivity contribution in [2.24, 2.45) is 5.92 Å². The zero-order chi connectivity index (χ0) is 24.7. The average molecular weight is 499 g/mol. The van der Waals surface area contributed by atoms with E-state index in [4.69, 9.17) is 23.2 Å². The molecule has 1 heterocycles. The Labute approximate surface area is 212 Å². The smallest absolute Gasteiger partial charge is 0.272 e. The lowest BCUT2D eigenvalue weighted by molar-refractivity contribution is 0.0947. The molecule has 0 bridgehead atoms. The number of rotatable bonds is 11. The van der Waals surface area contributed by atoms with Gasteiger partial charge in [0.2, 0.25) is 0 Å². The number of allylic oxidation sites excluding steroid dienone is 1. The summed E-state index contributed by atoms with van der Waals surface area (Å²) in [4.78, 5) is 13.1. The molecule has 3 rings (SSSR count). The number of carbonyl (C=O) groups excluding carboxylic acids is 1. The molecule has 1 amide bonds.